The number of carbonyl (C=O) groups is 1. The number of anilines is 1. The fourth-order valence-corrected chi connectivity index (χ4v) is 3.58. The van der Waals surface area contributed by atoms with Gasteiger partial charge in [-0.3, -0.25) is 0 Å². The number of sulfonamides is 1. The highest BCUT2D eigenvalue weighted by Gasteiger charge is 2.30. The lowest BCUT2D eigenvalue weighted by atomic mass is 10.4. The quantitative estimate of drug-likeness (QED) is 0.857. The smallest absolute Gasteiger partial charge is 0.336 e. The van der Waals surface area contributed by atoms with Crippen LogP contribution in [0.5, 0.6) is 0 Å². The van der Waals surface area contributed by atoms with Gasteiger partial charge in [-0.05, 0) is 18.9 Å². The summed E-state index contributed by atoms with van der Waals surface area (Å²) in [5, 5.41) is 17.4. The molecule has 0 aromatic carbocycles. The molecule has 0 bridgehead atoms. The topological polar surface area (TPSA) is 122 Å². The second-order valence-corrected chi connectivity index (χ2v) is 7.11. The van der Waals surface area contributed by atoms with E-state index in [-0.39, 0.29) is 21.7 Å². The molecule has 1 fully saturated rings. The Labute approximate surface area is 117 Å². The van der Waals surface area contributed by atoms with Gasteiger partial charge in [0.1, 0.15) is 4.21 Å². The Kier molecular flexibility index (Phi) is 2.98. The van der Waals surface area contributed by atoms with Gasteiger partial charge in [-0.1, -0.05) is 5.10 Å². The SMILES string of the molecule is O=C(O)c1csc(S(=O)(=O)Nc2nnc(C3CC3)o2)c1. The number of thiophene rings is 1. The summed E-state index contributed by atoms with van der Waals surface area (Å²) in [6.45, 7) is 0. The fourth-order valence-electron chi connectivity index (χ4n) is 1.51. The number of rotatable bonds is 5. The van der Waals surface area contributed by atoms with E-state index in [1.807, 2.05) is 0 Å². The molecule has 2 heterocycles. The maximum atomic E-state index is 12.0. The molecule has 0 aliphatic heterocycles. The Morgan fingerprint density at radius 2 is 2.20 bits per heavy atom. The van der Waals surface area contributed by atoms with Crippen LogP contribution in [0.3, 0.4) is 0 Å². The van der Waals surface area contributed by atoms with Gasteiger partial charge in [0.15, 0.2) is 0 Å². The molecule has 2 aromatic heterocycles. The third kappa shape index (κ3) is 2.51. The first-order valence-electron chi connectivity index (χ1n) is 5.64. The fraction of sp³-hybridized carbons (Fsp3) is 0.300. The van der Waals surface area contributed by atoms with E-state index in [9.17, 15) is 13.2 Å². The summed E-state index contributed by atoms with van der Waals surface area (Å²) >= 11 is 0.808. The first-order chi connectivity index (χ1) is 9.45. The van der Waals surface area contributed by atoms with E-state index < -0.39 is 16.0 Å². The number of carboxylic acid groups (broad SMARTS) is 1. The van der Waals surface area contributed by atoms with E-state index in [4.69, 9.17) is 9.52 Å². The number of hydrogen-bond acceptors (Lipinski definition) is 7. The molecule has 1 aliphatic carbocycles. The molecule has 0 radical (unpaired) electrons. The number of aromatic nitrogens is 2. The minimum atomic E-state index is -3.91. The van der Waals surface area contributed by atoms with Crippen LogP contribution in [0.25, 0.3) is 0 Å². The molecule has 20 heavy (non-hydrogen) atoms. The Morgan fingerprint density at radius 3 is 2.80 bits per heavy atom. The van der Waals surface area contributed by atoms with E-state index >= 15 is 0 Å². The monoisotopic (exact) mass is 315 g/mol. The van der Waals surface area contributed by atoms with Crippen molar-refractivity contribution in [1.29, 1.82) is 0 Å². The van der Waals surface area contributed by atoms with Crippen LogP contribution in [-0.2, 0) is 10.0 Å². The van der Waals surface area contributed by atoms with Crippen molar-refractivity contribution in [3.63, 3.8) is 0 Å². The molecule has 0 spiro atoms. The van der Waals surface area contributed by atoms with Gasteiger partial charge in [-0.25, -0.2) is 17.9 Å². The maximum absolute atomic E-state index is 12.0. The molecular formula is C10H9N3O5S2. The van der Waals surface area contributed by atoms with Crippen LogP contribution in [0.15, 0.2) is 20.1 Å². The van der Waals surface area contributed by atoms with E-state index in [0.717, 1.165) is 30.2 Å². The van der Waals surface area contributed by atoms with E-state index in [2.05, 4.69) is 14.9 Å². The molecule has 2 aromatic rings. The molecule has 0 atom stereocenters. The minimum absolute atomic E-state index is 0.0837. The third-order valence-corrected chi connectivity index (χ3v) is 5.44. The predicted octanol–water partition coefficient (Wildman–Crippen LogP) is 1.51. The second-order valence-electron chi connectivity index (χ2n) is 4.28. The van der Waals surface area contributed by atoms with E-state index in [1.54, 1.807) is 0 Å². The highest BCUT2D eigenvalue weighted by Crippen LogP contribution is 2.39. The normalized spacial score (nSPS) is 15.2. The molecule has 3 rings (SSSR count). The molecule has 0 unspecified atom stereocenters. The third-order valence-electron chi connectivity index (χ3n) is 2.68. The highest BCUT2D eigenvalue weighted by molar-refractivity contribution is 7.94. The average molecular weight is 315 g/mol. The van der Waals surface area contributed by atoms with E-state index in [1.165, 1.54) is 5.38 Å². The van der Waals surface area contributed by atoms with Crippen molar-refractivity contribution < 1.29 is 22.7 Å². The lowest BCUT2D eigenvalue weighted by Gasteiger charge is -1.99. The summed E-state index contributed by atoms with van der Waals surface area (Å²) in [4.78, 5) is 10.7. The molecule has 8 nitrogen and oxygen atoms in total. The first-order valence-corrected chi connectivity index (χ1v) is 8.00. The molecule has 0 saturated heterocycles. The number of nitrogens with one attached hydrogen (secondary N) is 1. The predicted molar refractivity (Wildman–Crippen MR) is 68.4 cm³/mol. The molecule has 1 aliphatic rings. The largest absolute Gasteiger partial charge is 0.478 e. The molecular weight excluding hydrogens is 306 g/mol. The second kappa shape index (κ2) is 4.56. The van der Waals surface area contributed by atoms with Crippen molar-refractivity contribution in [1.82, 2.24) is 10.2 Å². The summed E-state index contributed by atoms with van der Waals surface area (Å²) in [5.74, 6) is -0.544. The van der Waals surface area contributed by atoms with Crippen molar-refractivity contribution in [2.24, 2.45) is 0 Å². The van der Waals surface area contributed by atoms with Gasteiger partial charge in [-0.15, -0.1) is 16.4 Å². The van der Waals surface area contributed by atoms with Gasteiger partial charge in [0.2, 0.25) is 5.89 Å². The van der Waals surface area contributed by atoms with Crippen LogP contribution in [0.2, 0.25) is 0 Å². The van der Waals surface area contributed by atoms with Crippen LogP contribution in [0.1, 0.15) is 35.0 Å². The van der Waals surface area contributed by atoms with Gasteiger partial charge in [0.05, 0.1) is 5.56 Å². The van der Waals surface area contributed by atoms with Crippen LogP contribution in [0.4, 0.5) is 6.01 Å². The zero-order chi connectivity index (χ0) is 14.3. The molecule has 10 heteroatoms. The van der Waals surface area contributed by atoms with Crippen molar-refractivity contribution in [2.75, 3.05) is 4.72 Å². The zero-order valence-electron chi connectivity index (χ0n) is 9.94. The Hall–Kier alpha value is -1.94. The number of hydrogen-bond donors (Lipinski definition) is 2. The Morgan fingerprint density at radius 1 is 1.45 bits per heavy atom. The summed E-state index contributed by atoms with van der Waals surface area (Å²) in [7, 11) is -3.91. The van der Waals surface area contributed by atoms with Crippen molar-refractivity contribution in [3.8, 4) is 0 Å². The van der Waals surface area contributed by atoms with Gasteiger partial charge in [0.25, 0.3) is 10.0 Å². The Balaban J connectivity index is 1.81. The lowest BCUT2D eigenvalue weighted by Crippen LogP contribution is -2.11. The van der Waals surface area contributed by atoms with E-state index in [0.29, 0.717) is 5.89 Å². The van der Waals surface area contributed by atoms with Crippen LogP contribution < -0.4 is 4.72 Å². The van der Waals surface area contributed by atoms with Crippen molar-refractivity contribution >= 4 is 33.3 Å². The lowest BCUT2D eigenvalue weighted by molar-refractivity contribution is 0.0697. The van der Waals surface area contributed by atoms with Crippen LogP contribution in [0, 0.1) is 0 Å². The minimum Gasteiger partial charge on any atom is -0.478 e. The summed E-state index contributed by atoms with van der Waals surface area (Å²) in [5.41, 5.74) is -0.0837. The molecule has 0 amide bonds. The van der Waals surface area contributed by atoms with Gasteiger partial charge in [0, 0.05) is 11.3 Å². The van der Waals surface area contributed by atoms with Crippen molar-refractivity contribution in [3.05, 3.63) is 22.9 Å². The molecule has 1 saturated carbocycles. The van der Waals surface area contributed by atoms with Gasteiger partial charge >= 0.3 is 12.0 Å². The number of carboxylic acids is 1. The highest BCUT2D eigenvalue weighted by atomic mass is 32.2. The zero-order valence-corrected chi connectivity index (χ0v) is 11.6. The standard InChI is InChI=1S/C10H9N3O5S2/c14-9(15)6-3-7(19-4-6)20(16,17)13-10-12-11-8(18-10)5-1-2-5/h3-5H,1-2H2,(H,12,13)(H,14,15). The Bertz CT molecular complexity index is 759. The first kappa shape index (κ1) is 13.1. The van der Waals surface area contributed by atoms with Crippen LogP contribution in [-0.4, -0.2) is 29.7 Å². The average Bonchev–Trinajstić information content (AvgIpc) is 2.91. The summed E-state index contributed by atoms with van der Waals surface area (Å²) in [6, 6.07) is 0.866. The molecule has 2 N–H and O–H groups in total. The summed E-state index contributed by atoms with van der Waals surface area (Å²) < 4.78 is 31.2. The maximum Gasteiger partial charge on any atom is 0.336 e. The molecule has 106 valence electrons. The summed E-state index contributed by atoms with van der Waals surface area (Å²) in [6.07, 6.45) is 1.92. The van der Waals surface area contributed by atoms with Gasteiger partial charge < -0.3 is 9.52 Å². The number of nitrogens with zero attached hydrogens (tertiary/aromatic N) is 2. The van der Waals surface area contributed by atoms with Gasteiger partial charge in [-0.2, -0.15) is 0 Å². The number of aromatic carboxylic acids is 1. The van der Waals surface area contributed by atoms with Crippen LogP contribution >= 0.6 is 11.3 Å². The van der Waals surface area contributed by atoms with Crippen molar-refractivity contribution in [2.45, 2.75) is 23.0 Å².